The van der Waals surface area contributed by atoms with Crippen molar-refractivity contribution in [2.24, 2.45) is 0 Å². The molecule has 0 aromatic heterocycles. The van der Waals surface area contributed by atoms with Crippen molar-refractivity contribution < 1.29 is 9.84 Å². The summed E-state index contributed by atoms with van der Waals surface area (Å²) in [4.78, 5) is 0. The Hall–Kier alpha value is -0.580. The van der Waals surface area contributed by atoms with E-state index in [1.165, 1.54) is 12.8 Å². The lowest BCUT2D eigenvalue weighted by molar-refractivity contribution is 0.243. The minimum atomic E-state index is 0.0229. The molecule has 0 radical (unpaired) electrons. The summed E-state index contributed by atoms with van der Waals surface area (Å²) >= 11 is 3.45. The number of benzene rings is 1. The van der Waals surface area contributed by atoms with Gasteiger partial charge in [-0.3, -0.25) is 0 Å². The second kappa shape index (κ2) is 5.17. The fourth-order valence-electron chi connectivity index (χ4n) is 1.69. The van der Waals surface area contributed by atoms with E-state index < -0.39 is 0 Å². The molecule has 4 heteroatoms. The van der Waals surface area contributed by atoms with Crippen molar-refractivity contribution in [3.05, 3.63) is 28.2 Å². The maximum Gasteiger partial charge on any atom is 0.133 e. The molecule has 1 aromatic rings. The summed E-state index contributed by atoms with van der Waals surface area (Å²) < 4.78 is 6.10. The lowest BCUT2D eigenvalue weighted by Crippen LogP contribution is -2.26. The largest absolute Gasteiger partial charge is 0.496 e. The molecule has 1 fully saturated rings. The fourth-order valence-corrected chi connectivity index (χ4v) is 2.25. The van der Waals surface area contributed by atoms with E-state index in [-0.39, 0.29) is 12.6 Å². The molecule has 0 amide bonds. The molecule has 0 heterocycles. The predicted octanol–water partition coefficient (Wildman–Crippen LogP) is 2.24. The molecular formula is C12H16BrNO2. The van der Waals surface area contributed by atoms with Crippen molar-refractivity contribution in [2.75, 3.05) is 13.7 Å². The zero-order chi connectivity index (χ0) is 11.5. The molecule has 0 aliphatic heterocycles. The summed E-state index contributed by atoms with van der Waals surface area (Å²) in [6.45, 7) is 0.120. The van der Waals surface area contributed by atoms with E-state index in [9.17, 15) is 5.11 Å². The minimum Gasteiger partial charge on any atom is -0.496 e. The maximum atomic E-state index is 9.36. The summed E-state index contributed by atoms with van der Waals surface area (Å²) in [5, 5.41) is 12.8. The van der Waals surface area contributed by atoms with Gasteiger partial charge >= 0.3 is 0 Å². The van der Waals surface area contributed by atoms with Crippen LogP contribution in [-0.4, -0.2) is 24.9 Å². The molecule has 88 valence electrons. The Kier molecular flexibility index (Phi) is 3.84. The van der Waals surface area contributed by atoms with E-state index in [2.05, 4.69) is 21.2 Å². The van der Waals surface area contributed by atoms with Crippen molar-refractivity contribution in [2.45, 2.75) is 24.9 Å². The number of rotatable bonds is 5. The van der Waals surface area contributed by atoms with Crippen molar-refractivity contribution in [1.29, 1.82) is 0 Å². The lowest BCUT2D eigenvalue weighted by atomic mass is 10.1. The number of ether oxygens (including phenoxy) is 1. The molecule has 0 bridgehead atoms. The lowest BCUT2D eigenvalue weighted by Gasteiger charge is -2.17. The van der Waals surface area contributed by atoms with Gasteiger partial charge in [0.2, 0.25) is 0 Å². The molecule has 1 aliphatic rings. The Morgan fingerprint density at radius 1 is 1.56 bits per heavy atom. The zero-order valence-electron chi connectivity index (χ0n) is 9.24. The van der Waals surface area contributed by atoms with Gasteiger partial charge in [-0.05, 0) is 46.5 Å². The van der Waals surface area contributed by atoms with E-state index in [1.54, 1.807) is 7.11 Å². The summed E-state index contributed by atoms with van der Waals surface area (Å²) in [5.74, 6) is 0.812. The normalized spacial score (nSPS) is 17.2. The molecule has 1 aromatic carbocycles. The van der Waals surface area contributed by atoms with E-state index in [1.807, 2.05) is 18.2 Å². The average molecular weight is 286 g/mol. The highest BCUT2D eigenvalue weighted by molar-refractivity contribution is 9.10. The van der Waals surface area contributed by atoms with E-state index in [4.69, 9.17) is 4.74 Å². The van der Waals surface area contributed by atoms with Crippen LogP contribution >= 0.6 is 15.9 Å². The smallest absolute Gasteiger partial charge is 0.133 e. The Balaban J connectivity index is 2.13. The number of methoxy groups -OCH3 is 1. The highest BCUT2D eigenvalue weighted by Gasteiger charge is 2.25. The molecule has 1 unspecified atom stereocenters. The first-order chi connectivity index (χ1) is 7.74. The summed E-state index contributed by atoms with van der Waals surface area (Å²) in [7, 11) is 1.64. The number of halogens is 1. The summed E-state index contributed by atoms with van der Waals surface area (Å²) in [6.07, 6.45) is 2.43. The van der Waals surface area contributed by atoms with Gasteiger partial charge in [-0.2, -0.15) is 0 Å². The van der Waals surface area contributed by atoms with Gasteiger partial charge in [-0.15, -0.1) is 0 Å². The van der Waals surface area contributed by atoms with Crippen LogP contribution in [0, 0.1) is 0 Å². The Bertz CT molecular complexity index is 366. The first kappa shape index (κ1) is 11.9. The zero-order valence-corrected chi connectivity index (χ0v) is 10.8. The van der Waals surface area contributed by atoms with Gasteiger partial charge in [-0.1, -0.05) is 6.07 Å². The molecule has 16 heavy (non-hydrogen) atoms. The van der Waals surface area contributed by atoms with Gasteiger partial charge in [0.15, 0.2) is 0 Å². The van der Waals surface area contributed by atoms with Crippen molar-refractivity contribution in [1.82, 2.24) is 5.32 Å². The average Bonchev–Trinajstić information content (AvgIpc) is 3.09. The number of hydrogen-bond acceptors (Lipinski definition) is 3. The van der Waals surface area contributed by atoms with Gasteiger partial charge in [-0.25, -0.2) is 0 Å². The number of hydrogen-bond donors (Lipinski definition) is 2. The van der Waals surface area contributed by atoms with Gasteiger partial charge < -0.3 is 15.2 Å². The van der Waals surface area contributed by atoms with Gasteiger partial charge in [0.1, 0.15) is 5.75 Å². The van der Waals surface area contributed by atoms with E-state index in [0.29, 0.717) is 6.04 Å². The summed E-state index contributed by atoms with van der Waals surface area (Å²) in [6, 6.07) is 6.50. The maximum absolute atomic E-state index is 9.36. The molecule has 2 N–H and O–H groups in total. The quantitative estimate of drug-likeness (QED) is 0.872. The number of aliphatic hydroxyl groups is 1. The van der Waals surface area contributed by atoms with Crippen LogP contribution in [0.2, 0.25) is 0 Å². The number of nitrogens with one attached hydrogen (secondary N) is 1. The molecule has 0 spiro atoms. The van der Waals surface area contributed by atoms with Crippen LogP contribution in [-0.2, 0) is 0 Å². The molecule has 2 rings (SSSR count). The van der Waals surface area contributed by atoms with Crippen molar-refractivity contribution in [3.8, 4) is 5.75 Å². The first-order valence-corrected chi connectivity index (χ1v) is 6.24. The third-order valence-electron chi connectivity index (χ3n) is 2.78. The Morgan fingerprint density at radius 3 is 2.81 bits per heavy atom. The standard InChI is InChI=1S/C12H16BrNO2/c1-16-12-5-2-8(6-10(12)13)11(7-15)14-9-3-4-9/h2,5-6,9,11,14-15H,3-4,7H2,1H3. The second-order valence-electron chi connectivity index (χ2n) is 4.07. The topological polar surface area (TPSA) is 41.5 Å². The molecule has 3 nitrogen and oxygen atoms in total. The molecule has 1 saturated carbocycles. The van der Waals surface area contributed by atoms with Crippen LogP contribution in [0.25, 0.3) is 0 Å². The van der Waals surface area contributed by atoms with Crippen LogP contribution in [0.15, 0.2) is 22.7 Å². The second-order valence-corrected chi connectivity index (χ2v) is 4.92. The highest BCUT2D eigenvalue weighted by atomic mass is 79.9. The molecule has 1 aliphatic carbocycles. The molecule has 1 atom stereocenters. The molecular weight excluding hydrogens is 270 g/mol. The minimum absolute atomic E-state index is 0.0229. The van der Waals surface area contributed by atoms with Crippen molar-refractivity contribution >= 4 is 15.9 Å². The van der Waals surface area contributed by atoms with Crippen LogP contribution in [0.5, 0.6) is 5.75 Å². The van der Waals surface area contributed by atoms with Crippen molar-refractivity contribution in [3.63, 3.8) is 0 Å². The SMILES string of the molecule is COc1ccc(C(CO)NC2CC2)cc1Br. The summed E-state index contributed by atoms with van der Waals surface area (Å²) in [5.41, 5.74) is 1.09. The fraction of sp³-hybridized carbons (Fsp3) is 0.500. The van der Waals surface area contributed by atoms with Gasteiger partial charge in [0, 0.05) is 6.04 Å². The van der Waals surface area contributed by atoms with Gasteiger partial charge in [0.05, 0.1) is 24.2 Å². The van der Waals surface area contributed by atoms with Crippen LogP contribution < -0.4 is 10.1 Å². The predicted molar refractivity (Wildman–Crippen MR) is 66.7 cm³/mol. The van der Waals surface area contributed by atoms with Crippen LogP contribution in [0.3, 0.4) is 0 Å². The molecule has 0 saturated heterocycles. The van der Waals surface area contributed by atoms with Crippen LogP contribution in [0.1, 0.15) is 24.4 Å². The third-order valence-corrected chi connectivity index (χ3v) is 3.39. The first-order valence-electron chi connectivity index (χ1n) is 5.45. The van der Waals surface area contributed by atoms with Crippen LogP contribution in [0.4, 0.5) is 0 Å². The third kappa shape index (κ3) is 2.75. The van der Waals surface area contributed by atoms with E-state index >= 15 is 0 Å². The Morgan fingerprint density at radius 2 is 2.31 bits per heavy atom. The number of aliphatic hydroxyl groups excluding tert-OH is 1. The highest BCUT2D eigenvalue weighted by Crippen LogP contribution is 2.30. The monoisotopic (exact) mass is 285 g/mol. The van der Waals surface area contributed by atoms with Gasteiger partial charge in [0.25, 0.3) is 0 Å². The Labute approximate surface area is 104 Å². The van der Waals surface area contributed by atoms with E-state index in [0.717, 1.165) is 15.8 Å².